The van der Waals surface area contributed by atoms with E-state index in [-0.39, 0.29) is 57.6 Å². The van der Waals surface area contributed by atoms with E-state index in [1.54, 1.807) is 29.2 Å². The number of pyridine rings is 2. The minimum absolute atomic E-state index is 0.00896. The normalized spacial score (nSPS) is 17.4. The van der Waals surface area contributed by atoms with E-state index in [9.17, 15) is 14.0 Å². The van der Waals surface area contributed by atoms with Crippen LogP contribution < -0.4 is 0 Å². The Morgan fingerprint density at radius 3 is 2.25 bits per heavy atom. The molecule has 48 heavy (non-hydrogen) atoms. The molecule has 4 rings (SSSR count). The van der Waals surface area contributed by atoms with E-state index in [4.69, 9.17) is 37.9 Å². The van der Waals surface area contributed by atoms with Gasteiger partial charge in [0.05, 0.1) is 22.7 Å². The molecule has 1 aliphatic rings. The molecule has 0 N–H and O–H groups in total. The van der Waals surface area contributed by atoms with Gasteiger partial charge >= 0.3 is 6.09 Å². The van der Waals surface area contributed by atoms with Gasteiger partial charge < -0.3 is 14.5 Å². The first kappa shape index (κ1) is 37.7. The molecular formula is C36H43BrCl2FN5O3. The van der Waals surface area contributed by atoms with E-state index in [0.29, 0.717) is 23.3 Å². The summed E-state index contributed by atoms with van der Waals surface area (Å²) in [6.45, 7) is 18.2. The van der Waals surface area contributed by atoms with Gasteiger partial charge in [0.1, 0.15) is 27.0 Å². The number of carbonyl (C=O) groups is 2. The molecule has 0 unspecified atom stereocenters. The van der Waals surface area contributed by atoms with Gasteiger partial charge in [-0.05, 0) is 97.8 Å². The van der Waals surface area contributed by atoms with Gasteiger partial charge in [-0.3, -0.25) is 4.79 Å². The molecule has 1 aromatic carbocycles. The zero-order valence-corrected chi connectivity index (χ0v) is 32.0. The Labute approximate surface area is 301 Å². The number of amides is 2. The first-order valence-corrected chi connectivity index (χ1v) is 17.6. The number of hydrogen-bond acceptors (Lipinski definition) is 5. The van der Waals surface area contributed by atoms with Crippen LogP contribution in [0.2, 0.25) is 10.2 Å². The first-order valence-electron chi connectivity index (χ1n) is 16.1. The highest BCUT2D eigenvalue weighted by molar-refractivity contribution is 9.10. The second-order valence-electron chi connectivity index (χ2n) is 13.8. The molecule has 2 aromatic heterocycles. The highest BCUT2D eigenvalue weighted by Gasteiger charge is 2.37. The topological polar surface area (TPSA) is 88.0 Å². The number of amidine groups is 1. The Balaban J connectivity index is 1.82. The van der Waals surface area contributed by atoms with Gasteiger partial charge in [0, 0.05) is 36.4 Å². The SMILES string of the molecule is CC(C)c1cc(Br)nc(C(C)C)c1CC(=O)N=C(c1cc(Cl)c(-c2ccccc2F)nc1Cl)N1C[C@@H](C)N(C(=O)OC(C)(C)C)C[C@@H]1C. The molecule has 1 saturated heterocycles. The van der Waals surface area contributed by atoms with Crippen molar-refractivity contribution in [2.24, 2.45) is 4.99 Å². The van der Waals surface area contributed by atoms with Crippen molar-refractivity contribution in [2.75, 3.05) is 13.1 Å². The zero-order chi connectivity index (χ0) is 35.7. The van der Waals surface area contributed by atoms with Crippen molar-refractivity contribution in [1.29, 1.82) is 0 Å². The highest BCUT2D eigenvalue weighted by Crippen LogP contribution is 2.34. The quantitative estimate of drug-likeness (QED) is 0.141. The van der Waals surface area contributed by atoms with Gasteiger partial charge in [0.2, 0.25) is 0 Å². The number of rotatable bonds is 6. The maximum absolute atomic E-state index is 14.7. The molecule has 12 heteroatoms. The van der Waals surface area contributed by atoms with Crippen molar-refractivity contribution in [3.8, 4) is 11.3 Å². The monoisotopic (exact) mass is 761 g/mol. The first-order chi connectivity index (χ1) is 22.4. The summed E-state index contributed by atoms with van der Waals surface area (Å²) in [7, 11) is 0. The number of carbonyl (C=O) groups excluding carboxylic acids is 2. The van der Waals surface area contributed by atoms with Crippen molar-refractivity contribution >= 4 is 57.0 Å². The summed E-state index contributed by atoms with van der Waals surface area (Å²) in [5, 5.41) is 0.156. The molecule has 2 amide bonds. The molecule has 0 spiro atoms. The Bertz CT molecular complexity index is 1700. The van der Waals surface area contributed by atoms with Crippen molar-refractivity contribution in [3.05, 3.63) is 79.4 Å². The van der Waals surface area contributed by atoms with Gasteiger partial charge in [-0.1, -0.05) is 63.0 Å². The number of ether oxygens (including phenoxy) is 1. The van der Waals surface area contributed by atoms with E-state index in [1.165, 1.54) is 6.07 Å². The smallest absolute Gasteiger partial charge is 0.410 e. The molecule has 0 bridgehead atoms. The Hall–Kier alpha value is -3.08. The number of benzene rings is 1. The standard InChI is InChI=1S/C36H43BrCl2FN5O3/c1-19(2)24-15-29(37)41-31(20(3)4)25(24)16-30(46)42-34(44-17-22(6)45(18-21(44)5)35(47)48-36(7,8)9)26-14-27(38)32(43-33(26)39)23-12-10-11-13-28(23)40/h10-15,19-22H,16-18H2,1-9H3/t21-,22+/m0/s1. The molecule has 3 heterocycles. The molecule has 258 valence electrons. The van der Waals surface area contributed by atoms with Gasteiger partial charge in [0.25, 0.3) is 5.91 Å². The molecular weight excluding hydrogens is 720 g/mol. The van der Waals surface area contributed by atoms with Gasteiger partial charge in [-0.15, -0.1) is 0 Å². The van der Waals surface area contributed by atoms with E-state index in [1.807, 2.05) is 59.4 Å². The molecule has 2 atom stereocenters. The Morgan fingerprint density at radius 2 is 1.65 bits per heavy atom. The number of hydrogen-bond donors (Lipinski definition) is 0. The second-order valence-corrected chi connectivity index (χ2v) is 15.4. The molecule has 1 fully saturated rings. The van der Waals surface area contributed by atoms with Crippen LogP contribution in [0.25, 0.3) is 11.3 Å². The molecule has 0 saturated carbocycles. The molecule has 1 aliphatic heterocycles. The van der Waals surface area contributed by atoms with Crippen molar-refractivity contribution < 1.29 is 18.7 Å². The summed E-state index contributed by atoms with van der Waals surface area (Å²) in [5.41, 5.74) is 2.71. The average molecular weight is 764 g/mol. The lowest BCUT2D eigenvalue weighted by molar-refractivity contribution is -0.117. The largest absolute Gasteiger partial charge is 0.444 e. The summed E-state index contributed by atoms with van der Waals surface area (Å²) in [4.78, 5) is 44.7. The van der Waals surface area contributed by atoms with Crippen LogP contribution in [0.3, 0.4) is 0 Å². The van der Waals surface area contributed by atoms with Crippen LogP contribution in [-0.2, 0) is 16.0 Å². The van der Waals surface area contributed by atoms with Gasteiger partial charge in [0.15, 0.2) is 0 Å². The van der Waals surface area contributed by atoms with Crippen LogP contribution in [0.1, 0.15) is 96.5 Å². The third-order valence-electron chi connectivity index (χ3n) is 8.07. The Morgan fingerprint density at radius 1 is 1.02 bits per heavy atom. The van der Waals surface area contributed by atoms with E-state index >= 15 is 0 Å². The van der Waals surface area contributed by atoms with Crippen molar-refractivity contribution in [3.63, 3.8) is 0 Å². The number of aliphatic imine (C=N–C) groups is 1. The van der Waals surface area contributed by atoms with Gasteiger partial charge in [-0.25, -0.2) is 19.2 Å². The molecule has 3 aromatic rings. The average Bonchev–Trinajstić information content (AvgIpc) is 2.98. The van der Waals surface area contributed by atoms with Crippen molar-refractivity contribution in [1.82, 2.24) is 19.8 Å². The Kier molecular flexibility index (Phi) is 12.0. The second kappa shape index (κ2) is 15.2. The molecule has 8 nitrogen and oxygen atoms in total. The summed E-state index contributed by atoms with van der Waals surface area (Å²) in [6.07, 6.45) is -0.406. The van der Waals surface area contributed by atoms with Crippen LogP contribution in [0, 0.1) is 5.82 Å². The fourth-order valence-electron chi connectivity index (χ4n) is 5.81. The summed E-state index contributed by atoms with van der Waals surface area (Å²) >= 11 is 17.1. The predicted molar refractivity (Wildman–Crippen MR) is 194 cm³/mol. The molecule has 0 radical (unpaired) electrons. The van der Waals surface area contributed by atoms with Gasteiger partial charge in [-0.2, -0.15) is 4.99 Å². The summed E-state index contributed by atoms with van der Waals surface area (Å²) < 4.78 is 21.1. The maximum atomic E-state index is 14.7. The van der Waals surface area contributed by atoms with Crippen LogP contribution in [0.5, 0.6) is 0 Å². The highest BCUT2D eigenvalue weighted by atomic mass is 79.9. The summed E-state index contributed by atoms with van der Waals surface area (Å²) in [6, 6.07) is 9.08. The number of piperazine rings is 1. The third-order valence-corrected chi connectivity index (χ3v) is 9.05. The third kappa shape index (κ3) is 8.74. The van der Waals surface area contributed by atoms with Crippen LogP contribution >= 0.6 is 39.1 Å². The minimum Gasteiger partial charge on any atom is -0.444 e. The van der Waals surface area contributed by atoms with E-state index in [2.05, 4.69) is 34.8 Å². The zero-order valence-electron chi connectivity index (χ0n) is 28.9. The number of aromatic nitrogens is 2. The van der Waals surface area contributed by atoms with E-state index in [0.717, 1.165) is 16.8 Å². The fourth-order valence-corrected chi connectivity index (χ4v) is 6.73. The molecule has 0 aliphatic carbocycles. The van der Waals surface area contributed by atoms with Crippen molar-refractivity contribution in [2.45, 2.75) is 98.3 Å². The lowest BCUT2D eigenvalue weighted by Gasteiger charge is -2.45. The fraction of sp³-hybridized carbons (Fsp3) is 0.472. The lowest BCUT2D eigenvalue weighted by Crippen LogP contribution is -2.60. The van der Waals surface area contributed by atoms with Crippen LogP contribution in [0.15, 0.2) is 46.0 Å². The predicted octanol–water partition coefficient (Wildman–Crippen LogP) is 9.44. The lowest BCUT2D eigenvalue weighted by atomic mass is 9.91. The minimum atomic E-state index is -0.655. The number of nitrogens with zero attached hydrogens (tertiary/aromatic N) is 5. The van der Waals surface area contributed by atoms with Crippen LogP contribution in [-0.4, -0.2) is 68.4 Å². The summed E-state index contributed by atoms with van der Waals surface area (Å²) in [5.74, 6) is -0.428. The maximum Gasteiger partial charge on any atom is 0.410 e. The van der Waals surface area contributed by atoms with E-state index < -0.39 is 23.4 Å². The van der Waals surface area contributed by atoms with Crippen LogP contribution in [0.4, 0.5) is 9.18 Å². The number of halogens is 4.